The van der Waals surface area contributed by atoms with Gasteiger partial charge in [0.15, 0.2) is 5.78 Å². The van der Waals surface area contributed by atoms with E-state index in [-0.39, 0.29) is 17.6 Å². The number of aromatic nitrogens is 2. The predicted octanol–water partition coefficient (Wildman–Crippen LogP) is 4.57. The predicted molar refractivity (Wildman–Crippen MR) is 85.9 cm³/mol. The van der Waals surface area contributed by atoms with Crippen molar-refractivity contribution in [1.29, 1.82) is 0 Å². The number of hydrogen-bond acceptors (Lipinski definition) is 2. The quantitative estimate of drug-likeness (QED) is 0.733. The van der Waals surface area contributed by atoms with Crippen molar-refractivity contribution < 1.29 is 4.79 Å². The number of Topliss-reactive ketones (excluding diaryl/α,β-unsaturated/α-hetero) is 1. The molecule has 0 amide bonds. The van der Waals surface area contributed by atoms with Gasteiger partial charge in [-0.15, -0.1) is 0 Å². The van der Waals surface area contributed by atoms with E-state index in [1.165, 1.54) is 0 Å². The topological polar surface area (TPSA) is 34.9 Å². The molecule has 0 spiro atoms. The van der Waals surface area contributed by atoms with E-state index in [0.717, 1.165) is 12.0 Å². The Bertz CT molecular complexity index is 607. The van der Waals surface area contributed by atoms with Crippen molar-refractivity contribution >= 4 is 17.4 Å². The van der Waals surface area contributed by atoms with Crippen molar-refractivity contribution in [3.63, 3.8) is 0 Å². The Kier molecular flexibility index (Phi) is 5.18. The average Bonchev–Trinajstić information content (AvgIpc) is 2.89. The van der Waals surface area contributed by atoms with Crippen molar-refractivity contribution in [3.05, 3.63) is 52.8 Å². The molecule has 0 bridgehead atoms. The lowest BCUT2D eigenvalue weighted by molar-refractivity contribution is 0.0921. The van der Waals surface area contributed by atoms with Gasteiger partial charge in [-0.2, -0.15) is 5.10 Å². The Morgan fingerprint density at radius 3 is 2.52 bits per heavy atom. The van der Waals surface area contributed by atoms with Gasteiger partial charge in [0.1, 0.15) is 5.69 Å². The molecule has 21 heavy (non-hydrogen) atoms. The number of carbonyl (C=O) groups excluding carboxylic acids is 1. The van der Waals surface area contributed by atoms with Crippen LogP contribution in [0.1, 0.15) is 49.2 Å². The average molecular weight is 305 g/mol. The summed E-state index contributed by atoms with van der Waals surface area (Å²) < 4.78 is 1.68. The number of carbonyl (C=O) groups is 1. The number of halogens is 1. The Morgan fingerprint density at radius 1 is 1.29 bits per heavy atom. The van der Waals surface area contributed by atoms with Gasteiger partial charge >= 0.3 is 0 Å². The summed E-state index contributed by atoms with van der Waals surface area (Å²) in [6.07, 6.45) is 2.49. The van der Waals surface area contributed by atoms with Crippen molar-refractivity contribution in [2.45, 2.75) is 39.7 Å². The van der Waals surface area contributed by atoms with E-state index in [1.54, 1.807) is 10.9 Å². The maximum absolute atomic E-state index is 13.1. The van der Waals surface area contributed by atoms with Gasteiger partial charge < -0.3 is 0 Å². The fraction of sp³-hybridized carbons (Fsp3) is 0.412. The third kappa shape index (κ3) is 3.18. The van der Waals surface area contributed by atoms with Crippen LogP contribution in [-0.4, -0.2) is 15.6 Å². The highest BCUT2D eigenvalue weighted by Gasteiger charge is 2.30. The van der Waals surface area contributed by atoms with Gasteiger partial charge in [-0.25, -0.2) is 0 Å². The molecule has 0 N–H and O–H groups in total. The van der Waals surface area contributed by atoms with Crippen LogP contribution < -0.4 is 0 Å². The zero-order valence-electron chi connectivity index (χ0n) is 12.7. The number of rotatable bonds is 6. The van der Waals surface area contributed by atoms with Crippen LogP contribution >= 0.6 is 11.6 Å². The molecule has 0 radical (unpaired) electrons. The van der Waals surface area contributed by atoms with E-state index in [0.29, 0.717) is 17.3 Å². The zero-order chi connectivity index (χ0) is 15.4. The standard InChI is InChI=1S/C17H21ClN2O/c1-4-12(3)15(13-9-7-6-8-10-13)17(21)16-14(18)11-19-20(16)5-2/h6-12,15H,4-5H2,1-3H3. The molecule has 0 saturated heterocycles. The van der Waals surface area contributed by atoms with E-state index < -0.39 is 0 Å². The molecular formula is C17H21ClN2O. The van der Waals surface area contributed by atoms with Crippen LogP contribution in [0.5, 0.6) is 0 Å². The number of aryl methyl sites for hydroxylation is 1. The summed E-state index contributed by atoms with van der Waals surface area (Å²) in [5.74, 6) is 0.117. The summed E-state index contributed by atoms with van der Waals surface area (Å²) in [7, 11) is 0. The van der Waals surface area contributed by atoms with Crippen molar-refractivity contribution in [1.82, 2.24) is 9.78 Å². The monoisotopic (exact) mass is 304 g/mol. The third-order valence-electron chi connectivity index (χ3n) is 3.98. The number of benzene rings is 1. The second-order valence-corrected chi connectivity index (χ2v) is 5.70. The van der Waals surface area contributed by atoms with Crippen LogP contribution in [0, 0.1) is 5.92 Å². The Hall–Kier alpha value is -1.61. The summed E-state index contributed by atoms with van der Waals surface area (Å²) in [5, 5.41) is 4.62. The number of nitrogens with zero attached hydrogens (tertiary/aromatic N) is 2. The molecule has 0 aliphatic carbocycles. The van der Waals surface area contributed by atoms with Crippen LogP contribution in [0.3, 0.4) is 0 Å². The van der Waals surface area contributed by atoms with E-state index in [2.05, 4.69) is 18.9 Å². The molecule has 2 atom stereocenters. The van der Waals surface area contributed by atoms with E-state index >= 15 is 0 Å². The Balaban J connectivity index is 2.46. The fourth-order valence-electron chi connectivity index (χ4n) is 2.63. The lowest BCUT2D eigenvalue weighted by Crippen LogP contribution is -2.23. The van der Waals surface area contributed by atoms with Gasteiger partial charge in [-0.05, 0) is 18.4 Å². The highest BCUT2D eigenvalue weighted by molar-refractivity contribution is 6.33. The maximum Gasteiger partial charge on any atom is 0.190 e. The maximum atomic E-state index is 13.1. The second-order valence-electron chi connectivity index (χ2n) is 5.30. The first-order valence-electron chi connectivity index (χ1n) is 7.40. The van der Waals surface area contributed by atoms with Gasteiger partial charge in [0, 0.05) is 6.54 Å². The van der Waals surface area contributed by atoms with Crippen molar-refractivity contribution in [3.8, 4) is 0 Å². The largest absolute Gasteiger partial charge is 0.292 e. The summed E-state index contributed by atoms with van der Waals surface area (Å²) in [4.78, 5) is 13.1. The third-order valence-corrected chi connectivity index (χ3v) is 4.26. The molecule has 2 unspecified atom stereocenters. The first kappa shape index (κ1) is 15.8. The molecule has 112 valence electrons. The Morgan fingerprint density at radius 2 is 1.95 bits per heavy atom. The van der Waals surface area contributed by atoms with E-state index in [4.69, 9.17) is 11.6 Å². The lowest BCUT2D eigenvalue weighted by Gasteiger charge is -2.22. The molecule has 0 aliphatic rings. The second kappa shape index (κ2) is 6.90. The van der Waals surface area contributed by atoms with Gasteiger partial charge in [0.2, 0.25) is 0 Å². The highest BCUT2D eigenvalue weighted by atomic mass is 35.5. The first-order valence-corrected chi connectivity index (χ1v) is 7.78. The number of ketones is 1. The minimum atomic E-state index is -0.185. The van der Waals surface area contributed by atoms with Gasteiger partial charge in [-0.3, -0.25) is 9.48 Å². The summed E-state index contributed by atoms with van der Waals surface area (Å²) in [6, 6.07) is 9.92. The minimum absolute atomic E-state index is 0.0555. The Labute approximate surface area is 130 Å². The van der Waals surface area contributed by atoms with Gasteiger partial charge in [0.25, 0.3) is 0 Å². The molecular weight excluding hydrogens is 284 g/mol. The molecule has 3 nitrogen and oxygen atoms in total. The normalized spacial score (nSPS) is 13.9. The first-order chi connectivity index (χ1) is 10.1. The molecule has 0 fully saturated rings. The molecule has 1 heterocycles. The summed E-state index contributed by atoms with van der Waals surface area (Å²) in [5.41, 5.74) is 1.56. The molecule has 2 aromatic rings. The van der Waals surface area contributed by atoms with Crippen LogP contribution in [0.4, 0.5) is 0 Å². The van der Waals surface area contributed by atoms with E-state index in [1.807, 2.05) is 37.3 Å². The molecule has 2 rings (SSSR count). The lowest BCUT2D eigenvalue weighted by atomic mass is 9.81. The molecule has 0 aliphatic heterocycles. The van der Waals surface area contributed by atoms with Crippen molar-refractivity contribution in [2.75, 3.05) is 0 Å². The summed E-state index contributed by atoms with van der Waals surface area (Å²) in [6.45, 7) is 6.80. The molecule has 4 heteroatoms. The molecule has 1 aromatic carbocycles. The van der Waals surface area contributed by atoms with Crippen LogP contribution in [0.25, 0.3) is 0 Å². The zero-order valence-corrected chi connectivity index (χ0v) is 13.5. The molecule has 1 aromatic heterocycles. The smallest absolute Gasteiger partial charge is 0.190 e. The number of hydrogen-bond donors (Lipinski definition) is 0. The van der Waals surface area contributed by atoms with Gasteiger partial charge in [0.05, 0.1) is 17.1 Å². The van der Waals surface area contributed by atoms with Crippen molar-refractivity contribution in [2.24, 2.45) is 5.92 Å². The minimum Gasteiger partial charge on any atom is -0.292 e. The summed E-state index contributed by atoms with van der Waals surface area (Å²) >= 11 is 6.19. The SMILES string of the molecule is CCC(C)C(C(=O)c1c(Cl)cnn1CC)c1ccccc1. The van der Waals surface area contributed by atoms with Crippen LogP contribution in [0.2, 0.25) is 5.02 Å². The highest BCUT2D eigenvalue weighted by Crippen LogP contribution is 2.32. The van der Waals surface area contributed by atoms with E-state index in [9.17, 15) is 4.79 Å². The molecule has 0 saturated carbocycles. The van der Waals surface area contributed by atoms with Gasteiger partial charge in [-0.1, -0.05) is 62.2 Å². The fourth-order valence-corrected chi connectivity index (χ4v) is 2.86. The van der Waals surface area contributed by atoms with Crippen LogP contribution in [-0.2, 0) is 6.54 Å². The van der Waals surface area contributed by atoms with Crippen LogP contribution in [0.15, 0.2) is 36.5 Å².